The van der Waals surface area contributed by atoms with Crippen molar-refractivity contribution in [2.24, 2.45) is 0 Å². The standard InChI is InChI=1S/C25H25N3O3S/c1-16(2)19-11-13-27(14-12-19)23(24(29)20-6-8-21(9-7-20)28(30)31)25(32)26-22-10-5-17(3)15-18(22)4/h5-16H,1-4H3,(H-,26,29,32). The Morgan fingerprint density at radius 3 is 2.19 bits per heavy atom. The molecule has 3 rings (SSSR count). The number of thiocarbonyl (C=S) groups is 1. The van der Waals surface area contributed by atoms with E-state index in [-0.39, 0.29) is 22.1 Å². The van der Waals surface area contributed by atoms with Gasteiger partial charge in [0.05, 0.1) is 4.92 Å². The monoisotopic (exact) mass is 447 g/mol. The fourth-order valence-corrected chi connectivity index (χ4v) is 3.62. The number of benzene rings is 2. The molecular weight excluding hydrogens is 422 g/mol. The molecule has 0 saturated carbocycles. The summed E-state index contributed by atoms with van der Waals surface area (Å²) < 4.78 is 1.69. The van der Waals surface area contributed by atoms with Gasteiger partial charge in [0.15, 0.2) is 17.4 Å². The number of nitro groups is 1. The van der Waals surface area contributed by atoms with Gasteiger partial charge in [-0.2, -0.15) is 4.57 Å². The molecule has 0 aliphatic carbocycles. The minimum atomic E-state index is -0.495. The van der Waals surface area contributed by atoms with E-state index in [0.717, 1.165) is 22.4 Å². The maximum absolute atomic E-state index is 13.5. The van der Waals surface area contributed by atoms with Crippen molar-refractivity contribution in [3.8, 4) is 0 Å². The molecular formula is C25H25N3O3S. The summed E-state index contributed by atoms with van der Waals surface area (Å²) in [7, 11) is 0. The smallest absolute Gasteiger partial charge is 0.269 e. The second-order valence-corrected chi connectivity index (χ2v) is 8.36. The number of hydrogen-bond donors (Lipinski definition) is 1. The number of aromatic nitrogens is 1. The highest BCUT2D eigenvalue weighted by Crippen LogP contribution is 2.22. The van der Waals surface area contributed by atoms with Crippen LogP contribution in [0.2, 0.25) is 0 Å². The van der Waals surface area contributed by atoms with Crippen LogP contribution < -0.4 is 15.0 Å². The van der Waals surface area contributed by atoms with Gasteiger partial charge in [-0.3, -0.25) is 10.1 Å². The summed E-state index contributed by atoms with van der Waals surface area (Å²) in [4.78, 5) is 10.7. The van der Waals surface area contributed by atoms with E-state index in [4.69, 9.17) is 12.2 Å². The first-order chi connectivity index (χ1) is 15.2. The van der Waals surface area contributed by atoms with Crippen LogP contribution in [0.5, 0.6) is 0 Å². The summed E-state index contributed by atoms with van der Waals surface area (Å²) in [5.74, 6) is 0.0169. The van der Waals surface area contributed by atoms with Crippen LogP contribution in [0.3, 0.4) is 0 Å². The van der Waals surface area contributed by atoms with E-state index in [1.807, 2.05) is 56.6 Å². The zero-order chi connectivity index (χ0) is 23.4. The van der Waals surface area contributed by atoms with Crippen molar-refractivity contribution >= 4 is 40.0 Å². The number of aryl methyl sites for hydroxylation is 2. The lowest BCUT2D eigenvalue weighted by atomic mass is 10.1. The van der Waals surface area contributed by atoms with Gasteiger partial charge in [0.25, 0.3) is 5.69 Å². The number of anilines is 1. The highest BCUT2D eigenvalue weighted by Gasteiger charge is 2.20. The second kappa shape index (κ2) is 9.70. The maximum atomic E-state index is 13.5. The van der Waals surface area contributed by atoms with Crippen LogP contribution in [-0.4, -0.2) is 9.91 Å². The molecule has 1 N–H and O–H groups in total. The van der Waals surface area contributed by atoms with Crippen molar-refractivity contribution in [1.29, 1.82) is 0 Å². The Balaban J connectivity index is 2.08. The van der Waals surface area contributed by atoms with E-state index < -0.39 is 4.92 Å². The Morgan fingerprint density at radius 1 is 1.03 bits per heavy atom. The van der Waals surface area contributed by atoms with E-state index in [9.17, 15) is 15.2 Å². The molecule has 1 heterocycles. The third kappa shape index (κ3) is 5.18. The zero-order valence-electron chi connectivity index (χ0n) is 18.5. The fraction of sp³-hybridized carbons (Fsp3) is 0.200. The van der Waals surface area contributed by atoms with Crippen molar-refractivity contribution in [2.75, 3.05) is 5.32 Å². The van der Waals surface area contributed by atoms with E-state index in [1.165, 1.54) is 24.3 Å². The number of rotatable bonds is 6. The average molecular weight is 448 g/mol. The van der Waals surface area contributed by atoms with Crippen molar-refractivity contribution in [3.05, 3.63) is 99.4 Å². The van der Waals surface area contributed by atoms with E-state index in [0.29, 0.717) is 11.5 Å². The lowest BCUT2D eigenvalue weighted by molar-refractivity contribution is -0.577. The molecule has 0 saturated heterocycles. The molecule has 0 unspecified atom stereocenters. The molecule has 7 heteroatoms. The summed E-state index contributed by atoms with van der Waals surface area (Å²) in [5.41, 5.74) is 4.59. The quantitative estimate of drug-likeness (QED) is 0.147. The molecule has 1 aromatic heterocycles. The Labute approximate surface area is 193 Å². The van der Waals surface area contributed by atoms with Gasteiger partial charge >= 0.3 is 0 Å². The van der Waals surface area contributed by atoms with Gasteiger partial charge in [0.1, 0.15) is 0 Å². The molecule has 2 aromatic carbocycles. The van der Waals surface area contributed by atoms with Crippen LogP contribution in [0, 0.1) is 24.0 Å². The molecule has 0 bridgehead atoms. The van der Waals surface area contributed by atoms with Crippen LogP contribution >= 0.6 is 12.2 Å². The highest BCUT2D eigenvalue weighted by molar-refractivity contribution is 7.81. The summed E-state index contributed by atoms with van der Waals surface area (Å²) >= 11 is 5.66. The lowest BCUT2D eigenvalue weighted by Crippen LogP contribution is -2.40. The Hall–Kier alpha value is -3.58. The van der Waals surface area contributed by atoms with E-state index in [1.54, 1.807) is 4.57 Å². The van der Waals surface area contributed by atoms with Crippen LogP contribution in [0.4, 0.5) is 11.4 Å². The predicted octanol–water partition coefficient (Wildman–Crippen LogP) is 4.75. The fourth-order valence-electron chi connectivity index (χ4n) is 3.32. The summed E-state index contributed by atoms with van der Waals surface area (Å²) in [6.07, 6.45) is 3.62. The third-order valence-corrected chi connectivity index (χ3v) is 5.48. The van der Waals surface area contributed by atoms with Gasteiger partial charge in [0, 0.05) is 30.0 Å². The molecule has 0 atom stereocenters. The molecule has 0 fully saturated rings. The number of nitro benzene ring substituents is 1. The van der Waals surface area contributed by atoms with E-state index >= 15 is 0 Å². The number of nitrogens with one attached hydrogen (secondary N) is 1. The average Bonchev–Trinajstić information content (AvgIpc) is 2.76. The summed E-state index contributed by atoms with van der Waals surface area (Å²) in [6, 6.07) is 15.4. The van der Waals surface area contributed by atoms with Crippen LogP contribution in [0.1, 0.15) is 42.0 Å². The number of pyridine rings is 1. The first kappa shape index (κ1) is 23.1. The lowest BCUT2D eigenvalue weighted by Gasteiger charge is -2.18. The molecule has 0 radical (unpaired) electrons. The Bertz CT molecular complexity index is 1180. The Kier molecular flexibility index (Phi) is 7.00. The minimum absolute atomic E-state index is 0.0759. The minimum Gasteiger partial charge on any atom is -0.867 e. The van der Waals surface area contributed by atoms with Gasteiger partial charge in [-0.15, -0.1) is 0 Å². The third-order valence-electron chi connectivity index (χ3n) is 5.18. The number of hydrogen-bond acceptors (Lipinski definition) is 4. The highest BCUT2D eigenvalue weighted by atomic mass is 32.1. The molecule has 0 spiro atoms. The van der Waals surface area contributed by atoms with Crippen molar-refractivity contribution in [2.45, 2.75) is 33.6 Å². The molecule has 0 aliphatic rings. The maximum Gasteiger partial charge on any atom is 0.269 e. The van der Waals surface area contributed by atoms with Gasteiger partial charge in [-0.25, -0.2) is 0 Å². The van der Waals surface area contributed by atoms with Crippen LogP contribution in [0.15, 0.2) is 67.0 Å². The van der Waals surface area contributed by atoms with E-state index in [2.05, 4.69) is 19.2 Å². The second-order valence-electron chi connectivity index (χ2n) is 7.95. The Morgan fingerprint density at radius 2 is 1.66 bits per heavy atom. The summed E-state index contributed by atoms with van der Waals surface area (Å²) in [6.45, 7) is 8.18. The molecule has 0 aliphatic heterocycles. The number of non-ortho nitro benzene ring substituents is 1. The normalized spacial score (nSPS) is 11.8. The molecule has 3 aromatic rings. The van der Waals surface area contributed by atoms with Crippen LogP contribution in [-0.2, 0) is 0 Å². The molecule has 32 heavy (non-hydrogen) atoms. The number of nitrogens with zero attached hydrogens (tertiary/aromatic N) is 2. The largest absolute Gasteiger partial charge is 0.867 e. The predicted molar refractivity (Wildman–Crippen MR) is 129 cm³/mol. The molecule has 0 amide bonds. The van der Waals surface area contributed by atoms with Crippen molar-refractivity contribution < 1.29 is 14.6 Å². The zero-order valence-corrected chi connectivity index (χ0v) is 19.3. The first-order valence-corrected chi connectivity index (χ1v) is 10.6. The first-order valence-electron chi connectivity index (χ1n) is 10.2. The van der Waals surface area contributed by atoms with Gasteiger partial charge in [-0.05, 0) is 60.4 Å². The van der Waals surface area contributed by atoms with Gasteiger partial charge < -0.3 is 10.4 Å². The molecule has 164 valence electrons. The van der Waals surface area contributed by atoms with Gasteiger partial charge in [0.2, 0.25) is 5.70 Å². The van der Waals surface area contributed by atoms with Crippen molar-refractivity contribution in [1.82, 2.24) is 0 Å². The topological polar surface area (TPSA) is 82.1 Å². The molecule has 6 nitrogen and oxygen atoms in total. The SMILES string of the molecule is Cc1ccc(NC(=S)C(=C([O-])c2ccc([N+](=O)[O-])cc2)[n+]2ccc(C(C)C)cc2)c(C)c1. The van der Waals surface area contributed by atoms with Crippen LogP contribution in [0.25, 0.3) is 11.5 Å². The summed E-state index contributed by atoms with van der Waals surface area (Å²) in [5, 5.41) is 27.6. The van der Waals surface area contributed by atoms with Crippen molar-refractivity contribution in [3.63, 3.8) is 0 Å². The van der Waals surface area contributed by atoms with Gasteiger partial charge in [-0.1, -0.05) is 43.8 Å².